The number of hydrogen-bond donors (Lipinski definition) is 0. The van der Waals surface area contributed by atoms with Gasteiger partial charge in [0.2, 0.25) is 5.91 Å². The summed E-state index contributed by atoms with van der Waals surface area (Å²) in [5, 5.41) is 0. The molecule has 0 radical (unpaired) electrons. The van der Waals surface area contributed by atoms with Gasteiger partial charge < -0.3 is 9.64 Å². The molecular formula is C27H30N2O4. The third-order valence-electron chi connectivity index (χ3n) is 6.41. The maximum Gasteiger partial charge on any atom is 0.257 e. The predicted molar refractivity (Wildman–Crippen MR) is 127 cm³/mol. The van der Waals surface area contributed by atoms with Crippen molar-refractivity contribution < 1.29 is 19.1 Å². The molecule has 6 heteroatoms. The van der Waals surface area contributed by atoms with Crippen LogP contribution >= 0.6 is 0 Å². The molecule has 172 valence electrons. The Morgan fingerprint density at radius 2 is 1.91 bits per heavy atom. The fraction of sp³-hybridized carbons (Fsp3) is 0.370. The summed E-state index contributed by atoms with van der Waals surface area (Å²) in [7, 11) is 1.56. The second-order valence-electron chi connectivity index (χ2n) is 8.71. The van der Waals surface area contributed by atoms with Crippen LogP contribution in [0.1, 0.15) is 54.4 Å². The molecule has 1 unspecified atom stereocenters. The van der Waals surface area contributed by atoms with E-state index in [-0.39, 0.29) is 24.1 Å². The first-order valence-electron chi connectivity index (χ1n) is 11.5. The lowest BCUT2D eigenvalue weighted by Gasteiger charge is -2.29. The molecule has 1 fully saturated rings. The first kappa shape index (κ1) is 22.8. The van der Waals surface area contributed by atoms with Crippen LogP contribution < -0.4 is 9.64 Å². The molecule has 2 aromatic rings. The van der Waals surface area contributed by atoms with E-state index in [9.17, 15) is 14.4 Å². The van der Waals surface area contributed by atoms with Crippen LogP contribution in [-0.4, -0.2) is 42.3 Å². The fourth-order valence-electron chi connectivity index (χ4n) is 4.60. The van der Waals surface area contributed by atoms with E-state index in [0.29, 0.717) is 23.5 Å². The monoisotopic (exact) mass is 446 g/mol. The quantitative estimate of drug-likeness (QED) is 0.458. The van der Waals surface area contributed by atoms with Crippen LogP contribution in [-0.2, 0) is 9.59 Å². The van der Waals surface area contributed by atoms with Gasteiger partial charge in [-0.2, -0.15) is 0 Å². The lowest BCUT2D eigenvalue weighted by molar-refractivity contribution is -0.122. The number of aryl methyl sites for hydroxylation is 1. The molecule has 1 aliphatic carbocycles. The van der Waals surface area contributed by atoms with Crippen LogP contribution in [0.5, 0.6) is 5.75 Å². The molecule has 0 bridgehead atoms. The Labute approximate surface area is 194 Å². The third kappa shape index (κ3) is 5.00. The van der Waals surface area contributed by atoms with Crippen LogP contribution in [0.4, 0.5) is 5.69 Å². The summed E-state index contributed by atoms with van der Waals surface area (Å²) >= 11 is 0. The summed E-state index contributed by atoms with van der Waals surface area (Å²) < 4.78 is 5.18. The van der Waals surface area contributed by atoms with Gasteiger partial charge in [0.15, 0.2) is 0 Å². The molecule has 1 heterocycles. The summed E-state index contributed by atoms with van der Waals surface area (Å²) in [6.45, 7) is 2.35. The van der Waals surface area contributed by atoms with Gasteiger partial charge >= 0.3 is 0 Å². The van der Waals surface area contributed by atoms with E-state index in [1.165, 1.54) is 16.9 Å². The molecular weight excluding hydrogens is 416 g/mol. The molecule has 0 N–H and O–H groups in total. The number of nitrogens with zero attached hydrogens (tertiary/aromatic N) is 2. The number of imide groups is 1. The second kappa shape index (κ2) is 10.0. The summed E-state index contributed by atoms with van der Waals surface area (Å²) in [5.41, 5.74) is 3.33. The fourth-order valence-corrected chi connectivity index (χ4v) is 4.60. The van der Waals surface area contributed by atoms with E-state index >= 15 is 0 Å². The zero-order valence-electron chi connectivity index (χ0n) is 19.3. The minimum atomic E-state index is -0.809. The number of methoxy groups -OCH3 is 1. The summed E-state index contributed by atoms with van der Waals surface area (Å²) in [4.78, 5) is 42.7. The zero-order chi connectivity index (χ0) is 23.4. The SMILES string of the molecule is COc1ccc(N2C(=O)CC(N(CCC3=CCCCC3)C(=O)c3cccc(C)c3)C2=O)cc1. The number of amides is 3. The molecule has 3 amide bonds. The van der Waals surface area contributed by atoms with Gasteiger partial charge in [-0.1, -0.05) is 29.3 Å². The van der Waals surface area contributed by atoms with E-state index in [0.717, 1.165) is 31.2 Å². The Balaban J connectivity index is 1.60. The highest BCUT2D eigenvalue weighted by Gasteiger charge is 2.44. The maximum absolute atomic E-state index is 13.5. The highest BCUT2D eigenvalue weighted by Crippen LogP contribution is 2.29. The lowest BCUT2D eigenvalue weighted by Crippen LogP contribution is -2.46. The third-order valence-corrected chi connectivity index (χ3v) is 6.41. The average Bonchev–Trinajstić information content (AvgIpc) is 3.13. The van der Waals surface area contributed by atoms with Gasteiger partial charge in [-0.05, 0) is 75.4 Å². The number of ether oxygens (including phenoxy) is 1. The minimum absolute atomic E-state index is 0.0124. The molecule has 2 aromatic carbocycles. The van der Waals surface area contributed by atoms with Gasteiger partial charge in [-0.3, -0.25) is 14.4 Å². The number of benzene rings is 2. The maximum atomic E-state index is 13.5. The van der Waals surface area contributed by atoms with Gasteiger partial charge in [0.25, 0.3) is 11.8 Å². The van der Waals surface area contributed by atoms with Crippen LogP contribution in [0, 0.1) is 6.92 Å². The van der Waals surface area contributed by atoms with Crippen molar-refractivity contribution in [1.29, 1.82) is 0 Å². The van der Waals surface area contributed by atoms with Crippen LogP contribution in [0.25, 0.3) is 0 Å². The van der Waals surface area contributed by atoms with Crippen LogP contribution in [0.3, 0.4) is 0 Å². The Kier molecular flexibility index (Phi) is 6.92. The van der Waals surface area contributed by atoms with Crippen LogP contribution in [0.15, 0.2) is 60.2 Å². The number of allylic oxidation sites excluding steroid dienone is 1. The number of carbonyl (C=O) groups excluding carboxylic acids is 3. The summed E-state index contributed by atoms with van der Waals surface area (Å²) in [5.74, 6) is -0.220. The molecule has 2 aliphatic rings. The molecule has 4 rings (SSSR count). The van der Waals surface area contributed by atoms with E-state index in [4.69, 9.17) is 4.74 Å². The van der Waals surface area contributed by atoms with Crippen molar-refractivity contribution in [1.82, 2.24) is 4.90 Å². The van der Waals surface area contributed by atoms with Gasteiger partial charge in [0, 0.05) is 12.1 Å². The number of rotatable bonds is 7. The average molecular weight is 447 g/mol. The molecule has 33 heavy (non-hydrogen) atoms. The van der Waals surface area contributed by atoms with E-state index in [1.54, 1.807) is 42.3 Å². The lowest BCUT2D eigenvalue weighted by atomic mass is 9.96. The molecule has 1 atom stereocenters. The Bertz CT molecular complexity index is 1070. The minimum Gasteiger partial charge on any atom is -0.497 e. The van der Waals surface area contributed by atoms with Crippen LogP contribution in [0.2, 0.25) is 0 Å². The highest BCUT2D eigenvalue weighted by atomic mass is 16.5. The predicted octanol–water partition coefficient (Wildman–Crippen LogP) is 4.67. The van der Waals surface area contributed by atoms with Crippen molar-refractivity contribution in [2.24, 2.45) is 0 Å². The number of hydrogen-bond acceptors (Lipinski definition) is 4. The van der Waals surface area contributed by atoms with Crippen molar-refractivity contribution in [3.05, 3.63) is 71.3 Å². The molecule has 0 spiro atoms. The van der Waals surface area contributed by atoms with E-state index in [1.807, 2.05) is 25.1 Å². The van der Waals surface area contributed by atoms with Crippen molar-refractivity contribution in [3.8, 4) is 5.75 Å². The van der Waals surface area contributed by atoms with Gasteiger partial charge in [-0.25, -0.2) is 4.90 Å². The van der Waals surface area contributed by atoms with E-state index in [2.05, 4.69) is 6.08 Å². The smallest absolute Gasteiger partial charge is 0.257 e. The molecule has 0 aromatic heterocycles. The van der Waals surface area contributed by atoms with Gasteiger partial charge in [-0.15, -0.1) is 0 Å². The van der Waals surface area contributed by atoms with Gasteiger partial charge in [0.1, 0.15) is 11.8 Å². The van der Waals surface area contributed by atoms with Gasteiger partial charge in [0.05, 0.1) is 19.2 Å². The van der Waals surface area contributed by atoms with Crippen molar-refractivity contribution >= 4 is 23.4 Å². The molecule has 6 nitrogen and oxygen atoms in total. The number of anilines is 1. The first-order valence-corrected chi connectivity index (χ1v) is 11.5. The molecule has 0 saturated carbocycles. The standard InChI is InChI=1S/C27H30N2O4/c1-19-7-6-10-21(17-19)26(31)28(16-15-20-8-4-3-5-9-20)24-18-25(30)29(27(24)32)22-11-13-23(33-2)14-12-22/h6-8,10-14,17,24H,3-5,9,15-16,18H2,1-2H3. The largest absolute Gasteiger partial charge is 0.497 e. The second-order valence-corrected chi connectivity index (χ2v) is 8.71. The topological polar surface area (TPSA) is 66.9 Å². The highest BCUT2D eigenvalue weighted by molar-refractivity contribution is 6.23. The zero-order valence-corrected chi connectivity index (χ0v) is 19.3. The van der Waals surface area contributed by atoms with Crippen molar-refractivity contribution in [2.75, 3.05) is 18.6 Å². The van der Waals surface area contributed by atoms with E-state index < -0.39 is 6.04 Å². The Hall–Kier alpha value is -3.41. The normalized spacial score (nSPS) is 18.3. The number of carbonyl (C=O) groups is 3. The summed E-state index contributed by atoms with van der Waals surface area (Å²) in [6.07, 6.45) is 7.41. The molecule has 1 aliphatic heterocycles. The van der Waals surface area contributed by atoms with Crippen molar-refractivity contribution in [3.63, 3.8) is 0 Å². The summed E-state index contributed by atoms with van der Waals surface area (Å²) in [6, 6.07) is 13.4. The Morgan fingerprint density at radius 1 is 1.12 bits per heavy atom. The molecule has 1 saturated heterocycles. The Morgan fingerprint density at radius 3 is 2.58 bits per heavy atom. The first-order chi connectivity index (χ1) is 16.0. The van der Waals surface area contributed by atoms with Crippen molar-refractivity contribution in [2.45, 2.75) is 51.5 Å².